The quantitative estimate of drug-likeness (QED) is 0.0341. The number of nitrogens with one attached hydrogen (secondary N) is 1. The maximum Gasteiger partial charge on any atom is 1.00 e. The van der Waals surface area contributed by atoms with Crippen molar-refractivity contribution < 1.29 is 102 Å². The second-order valence-corrected chi connectivity index (χ2v) is 13.1. The largest absolute Gasteiger partial charge is 1.00 e. The van der Waals surface area contributed by atoms with Crippen molar-refractivity contribution in [3.63, 3.8) is 0 Å². The molecule has 0 aliphatic carbocycles. The van der Waals surface area contributed by atoms with Crippen molar-refractivity contribution in [2.24, 2.45) is 0 Å². The van der Waals surface area contributed by atoms with Gasteiger partial charge in [0.25, 0.3) is 0 Å². The first-order chi connectivity index (χ1) is 21.2. The van der Waals surface area contributed by atoms with Crippen molar-refractivity contribution in [3.8, 4) is 0 Å². The number of ether oxygens (including phenoxy) is 3. The summed E-state index contributed by atoms with van der Waals surface area (Å²) in [5, 5.41) is 2.84. The summed E-state index contributed by atoms with van der Waals surface area (Å²) in [7, 11) is -5.18. The van der Waals surface area contributed by atoms with Gasteiger partial charge in [0.15, 0.2) is 0 Å². The summed E-state index contributed by atoms with van der Waals surface area (Å²) in [6, 6.07) is 0. The Labute approximate surface area is 325 Å². The van der Waals surface area contributed by atoms with Crippen LogP contribution in [0.1, 0.15) is 162 Å². The van der Waals surface area contributed by atoms with Gasteiger partial charge >= 0.3 is 65.1 Å². The van der Waals surface area contributed by atoms with E-state index in [1.807, 2.05) is 0 Å². The molecule has 46 heavy (non-hydrogen) atoms. The molecule has 0 bridgehead atoms. The standard InChI is InChI=1S/C33H66NO9P.2Na/c1-3-4-5-6-7-13-16-19-22-25-33(36)43-32(29-42-44(37,38)39)28-41-30-40-27-24-21-18-15-12-10-8-9-11-14-17-20-23-26-34-31(2)35;;/h32H,3-30H2,1-2H3,(H,34,35)(H2,37,38,39);;/q;2*+1/p-2/t32-;;/m0../s1. The van der Waals surface area contributed by atoms with E-state index in [1.165, 1.54) is 96.3 Å². The maximum atomic E-state index is 12.2. The summed E-state index contributed by atoms with van der Waals surface area (Å²) in [4.78, 5) is 44.8. The van der Waals surface area contributed by atoms with Gasteiger partial charge in [-0.25, -0.2) is 0 Å². The van der Waals surface area contributed by atoms with E-state index < -0.39 is 26.5 Å². The summed E-state index contributed by atoms with van der Waals surface area (Å²) in [6.07, 6.45) is 25.1. The van der Waals surface area contributed by atoms with Crippen LogP contribution in [0.5, 0.6) is 0 Å². The summed E-state index contributed by atoms with van der Waals surface area (Å²) in [5.41, 5.74) is 0. The zero-order valence-electron chi connectivity index (χ0n) is 30.0. The summed E-state index contributed by atoms with van der Waals surface area (Å²) in [6.45, 7) is 4.44. The van der Waals surface area contributed by atoms with Gasteiger partial charge in [0.2, 0.25) is 5.91 Å². The molecule has 262 valence electrons. The zero-order chi connectivity index (χ0) is 32.6. The number of carbonyl (C=O) groups excluding carboxylic acids is 2. The van der Waals surface area contributed by atoms with E-state index in [4.69, 9.17) is 14.2 Å². The topological polar surface area (TPSA) is 146 Å². The molecule has 13 heteroatoms. The van der Waals surface area contributed by atoms with Gasteiger partial charge in [0.1, 0.15) is 12.9 Å². The molecule has 1 N–H and O–H groups in total. The van der Waals surface area contributed by atoms with Crippen LogP contribution in [0.2, 0.25) is 0 Å². The third-order valence-corrected chi connectivity index (χ3v) is 7.98. The molecule has 0 fully saturated rings. The monoisotopic (exact) mass is 695 g/mol. The summed E-state index contributed by atoms with van der Waals surface area (Å²) in [5.74, 6) is -0.401. The fraction of sp³-hybridized carbons (Fsp3) is 0.939. The van der Waals surface area contributed by atoms with Crippen molar-refractivity contribution in [1.29, 1.82) is 0 Å². The van der Waals surface area contributed by atoms with Crippen LogP contribution in [0.15, 0.2) is 0 Å². The number of rotatable bonds is 34. The molecule has 0 aromatic rings. The fourth-order valence-corrected chi connectivity index (χ4v) is 5.30. The molecule has 10 nitrogen and oxygen atoms in total. The van der Waals surface area contributed by atoms with Gasteiger partial charge in [-0.05, 0) is 19.3 Å². The molecule has 0 aromatic heterocycles. The zero-order valence-corrected chi connectivity index (χ0v) is 34.9. The predicted octanol–water partition coefficient (Wildman–Crippen LogP) is 0.871. The number of phosphoric acid groups is 1. The molecule has 0 saturated heterocycles. The Morgan fingerprint density at radius 3 is 1.59 bits per heavy atom. The second kappa shape index (κ2) is 38.8. The summed E-state index contributed by atoms with van der Waals surface area (Å²) >= 11 is 0. The van der Waals surface area contributed by atoms with Crippen molar-refractivity contribution in [2.45, 2.75) is 168 Å². The van der Waals surface area contributed by atoms with E-state index in [2.05, 4.69) is 16.8 Å². The average Bonchev–Trinajstić information content (AvgIpc) is 2.97. The van der Waals surface area contributed by atoms with Gasteiger partial charge in [0, 0.05) is 26.5 Å². The van der Waals surface area contributed by atoms with Crippen LogP contribution in [0, 0.1) is 0 Å². The van der Waals surface area contributed by atoms with Crippen LogP contribution in [0.4, 0.5) is 0 Å². The van der Waals surface area contributed by atoms with Gasteiger partial charge in [-0.15, -0.1) is 0 Å². The minimum Gasteiger partial charge on any atom is -0.790 e. The molecule has 0 heterocycles. The molecule has 0 saturated carbocycles. The molecule has 0 spiro atoms. The van der Waals surface area contributed by atoms with Gasteiger partial charge in [-0.1, -0.05) is 129 Å². The Hall–Kier alpha value is 0.970. The van der Waals surface area contributed by atoms with Crippen LogP contribution < -0.4 is 74.2 Å². The molecule has 0 aliphatic heterocycles. The van der Waals surface area contributed by atoms with E-state index in [1.54, 1.807) is 6.92 Å². The molecule has 1 atom stereocenters. The molecule has 0 aliphatic rings. The van der Waals surface area contributed by atoms with Gasteiger partial charge in [-0.3, -0.25) is 9.59 Å². The smallest absolute Gasteiger partial charge is 0.790 e. The number of hydrogen-bond acceptors (Lipinski definition) is 9. The second-order valence-electron chi connectivity index (χ2n) is 11.9. The Morgan fingerprint density at radius 1 is 0.652 bits per heavy atom. The van der Waals surface area contributed by atoms with Crippen LogP contribution in [0.3, 0.4) is 0 Å². The van der Waals surface area contributed by atoms with Gasteiger partial charge < -0.3 is 38.4 Å². The Balaban J connectivity index is -0.00000924. The first-order valence-electron chi connectivity index (χ1n) is 17.5. The number of hydrogen-bond donors (Lipinski definition) is 1. The van der Waals surface area contributed by atoms with Crippen molar-refractivity contribution in [3.05, 3.63) is 0 Å². The molecule has 0 radical (unpaired) electrons. The first-order valence-corrected chi connectivity index (χ1v) is 19.0. The van der Waals surface area contributed by atoms with Crippen LogP contribution >= 0.6 is 7.82 Å². The van der Waals surface area contributed by atoms with Crippen LogP contribution in [0.25, 0.3) is 0 Å². The third-order valence-electron chi connectivity index (χ3n) is 7.51. The van der Waals surface area contributed by atoms with E-state index >= 15 is 0 Å². The minimum absolute atomic E-state index is 0. The molecule has 0 aromatic carbocycles. The SMILES string of the molecule is CCCCCCCCCCCC(=O)O[C@@H](COCOCCCCCCCCCCCCCCCNC(C)=O)COP(=O)([O-])[O-].[Na+].[Na+]. The van der Waals surface area contributed by atoms with Gasteiger partial charge in [0.05, 0.1) is 21.0 Å². The van der Waals surface area contributed by atoms with E-state index in [-0.39, 0.29) is 84.8 Å². The number of unbranched alkanes of at least 4 members (excludes halogenated alkanes) is 20. The molecule has 0 rings (SSSR count). The number of amides is 1. The predicted molar refractivity (Wildman–Crippen MR) is 171 cm³/mol. The van der Waals surface area contributed by atoms with Crippen molar-refractivity contribution >= 4 is 19.7 Å². The van der Waals surface area contributed by atoms with Crippen LogP contribution in [-0.2, 0) is 32.9 Å². The Kier molecular flexibility index (Phi) is 43.3. The summed E-state index contributed by atoms with van der Waals surface area (Å²) < 4.78 is 31.4. The van der Waals surface area contributed by atoms with Crippen molar-refractivity contribution in [1.82, 2.24) is 5.32 Å². The minimum atomic E-state index is -5.18. The molecular formula is C33H64NNa2O9P. The number of esters is 1. The maximum absolute atomic E-state index is 12.2. The van der Waals surface area contributed by atoms with Crippen molar-refractivity contribution in [2.75, 3.05) is 33.2 Å². The normalized spacial score (nSPS) is 11.8. The van der Waals surface area contributed by atoms with E-state index in [0.29, 0.717) is 13.0 Å². The average molecular weight is 696 g/mol. The number of carbonyl (C=O) groups is 2. The van der Waals surface area contributed by atoms with Crippen LogP contribution in [-0.4, -0.2) is 51.1 Å². The number of phosphoric ester groups is 1. The first kappa shape index (κ1) is 51.3. The third kappa shape index (κ3) is 43.0. The molecule has 1 amide bonds. The Morgan fingerprint density at radius 2 is 1.11 bits per heavy atom. The molecular weight excluding hydrogens is 631 g/mol. The molecule has 0 unspecified atom stereocenters. The van der Waals surface area contributed by atoms with Gasteiger partial charge in [-0.2, -0.15) is 0 Å². The van der Waals surface area contributed by atoms with E-state index in [9.17, 15) is 23.9 Å². The Bertz CT molecular complexity index is 717. The van der Waals surface area contributed by atoms with E-state index in [0.717, 1.165) is 45.1 Å². The fourth-order valence-electron chi connectivity index (χ4n) is 4.95.